The predicted octanol–water partition coefficient (Wildman–Crippen LogP) is 1.11. The first-order valence-corrected chi connectivity index (χ1v) is 7.85. The molecule has 0 radical (unpaired) electrons. The van der Waals surface area contributed by atoms with E-state index >= 15 is 0 Å². The minimum absolute atomic E-state index is 0.0341. The van der Waals surface area contributed by atoms with Gasteiger partial charge in [-0.1, -0.05) is 13.8 Å². The number of likely N-dealkylation sites (tertiary alicyclic amines) is 2. The van der Waals surface area contributed by atoms with Gasteiger partial charge in [0.05, 0.1) is 12.5 Å². The molecule has 22 heavy (non-hydrogen) atoms. The van der Waals surface area contributed by atoms with Crippen molar-refractivity contribution in [2.24, 2.45) is 11.8 Å². The van der Waals surface area contributed by atoms with Gasteiger partial charge in [0.15, 0.2) is 0 Å². The third-order valence-electron chi connectivity index (χ3n) is 4.62. The largest absolute Gasteiger partial charge is 0.396 e. The highest BCUT2D eigenvalue weighted by molar-refractivity contribution is 5.89. The van der Waals surface area contributed by atoms with Crippen molar-refractivity contribution >= 4 is 11.8 Å². The van der Waals surface area contributed by atoms with Gasteiger partial charge in [-0.3, -0.25) is 9.59 Å². The first-order valence-electron chi connectivity index (χ1n) is 7.85. The number of nitrogens with zero attached hydrogens (tertiary/aromatic N) is 2. The summed E-state index contributed by atoms with van der Waals surface area (Å²) in [7, 11) is 0. The molecule has 2 unspecified atom stereocenters. The summed E-state index contributed by atoms with van der Waals surface area (Å²) < 4.78 is 27.3. The zero-order valence-electron chi connectivity index (χ0n) is 13.1. The van der Waals surface area contributed by atoms with Crippen molar-refractivity contribution < 1.29 is 23.5 Å². The molecule has 2 fully saturated rings. The normalized spacial score (nSPS) is 26.6. The summed E-state index contributed by atoms with van der Waals surface area (Å²) in [6, 6.07) is -0.596. The molecule has 2 heterocycles. The molecule has 0 aromatic rings. The van der Waals surface area contributed by atoms with Gasteiger partial charge in [-0.2, -0.15) is 0 Å². The first-order chi connectivity index (χ1) is 10.3. The Balaban J connectivity index is 2.12. The van der Waals surface area contributed by atoms with Crippen molar-refractivity contribution in [3.8, 4) is 0 Å². The third kappa shape index (κ3) is 3.24. The van der Waals surface area contributed by atoms with Crippen molar-refractivity contribution in [2.45, 2.75) is 45.1 Å². The maximum atomic E-state index is 13.7. The van der Waals surface area contributed by atoms with Crippen LogP contribution in [0.3, 0.4) is 0 Å². The molecule has 1 N–H and O–H groups in total. The van der Waals surface area contributed by atoms with Gasteiger partial charge in [0.1, 0.15) is 6.04 Å². The highest BCUT2D eigenvalue weighted by Crippen LogP contribution is 2.34. The van der Waals surface area contributed by atoms with E-state index in [1.54, 1.807) is 4.90 Å². The van der Waals surface area contributed by atoms with Crippen LogP contribution in [0.15, 0.2) is 0 Å². The molecule has 0 spiro atoms. The van der Waals surface area contributed by atoms with E-state index in [0.717, 1.165) is 6.42 Å². The number of hydrogen-bond donors (Lipinski definition) is 1. The van der Waals surface area contributed by atoms with Gasteiger partial charge in [-0.25, -0.2) is 8.78 Å². The molecular weight excluding hydrogens is 294 g/mol. The summed E-state index contributed by atoms with van der Waals surface area (Å²) in [6.07, 6.45) is 0.725. The maximum Gasteiger partial charge on any atom is 0.256 e. The lowest BCUT2D eigenvalue weighted by Crippen LogP contribution is -2.57. The lowest BCUT2D eigenvalue weighted by atomic mass is 9.92. The van der Waals surface area contributed by atoms with Gasteiger partial charge in [0.25, 0.3) is 5.92 Å². The number of carbonyl (C=O) groups excluding carboxylic acids is 2. The number of rotatable bonds is 4. The van der Waals surface area contributed by atoms with Gasteiger partial charge in [0, 0.05) is 32.5 Å². The molecule has 2 aliphatic heterocycles. The Hall–Kier alpha value is -1.24. The molecule has 2 atom stereocenters. The van der Waals surface area contributed by atoms with Crippen molar-refractivity contribution in [1.29, 1.82) is 0 Å². The van der Waals surface area contributed by atoms with E-state index in [1.165, 1.54) is 4.90 Å². The minimum atomic E-state index is -2.94. The number of carbonyl (C=O) groups is 2. The Morgan fingerprint density at radius 3 is 2.59 bits per heavy atom. The van der Waals surface area contributed by atoms with E-state index in [4.69, 9.17) is 5.11 Å². The summed E-state index contributed by atoms with van der Waals surface area (Å²) in [5.74, 6) is -4.58. The summed E-state index contributed by atoms with van der Waals surface area (Å²) in [6.45, 7) is 3.42. The SMILES string of the molecule is CC(C)C(C(=O)N1CCC(F)(F)C(CO)C1)N1CCCC1=O. The predicted molar refractivity (Wildman–Crippen MR) is 76.3 cm³/mol. The van der Waals surface area contributed by atoms with Gasteiger partial charge >= 0.3 is 0 Å². The fraction of sp³-hybridized carbons (Fsp3) is 0.867. The molecule has 2 rings (SSSR count). The van der Waals surface area contributed by atoms with E-state index in [1.807, 2.05) is 13.8 Å². The van der Waals surface area contributed by atoms with Gasteiger partial charge in [-0.15, -0.1) is 0 Å². The molecule has 2 saturated heterocycles. The summed E-state index contributed by atoms with van der Waals surface area (Å²) in [5.41, 5.74) is 0. The van der Waals surface area contributed by atoms with Crippen LogP contribution < -0.4 is 0 Å². The van der Waals surface area contributed by atoms with Crippen LogP contribution in [0.4, 0.5) is 8.78 Å². The van der Waals surface area contributed by atoms with E-state index in [2.05, 4.69) is 0 Å². The molecule has 5 nitrogen and oxygen atoms in total. The molecule has 126 valence electrons. The molecule has 7 heteroatoms. The molecule has 0 saturated carbocycles. The van der Waals surface area contributed by atoms with Crippen LogP contribution in [0.2, 0.25) is 0 Å². The van der Waals surface area contributed by atoms with E-state index < -0.39 is 30.9 Å². The zero-order valence-corrected chi connectivity index (χ0v) is 13.1. The standard InChI is InChI=1S/C15H24F2N2O3/c1-10(2)13(19-6-3-4-12(19)21)14(22)18-7-5-15(16,17)11(8-18)9-20/h10-11,13,20H,3-9H2,1-2H3. The quantitative estimate of drug-likeness (QED) is 0.845. The molecule has 0 bridgehead atoms. The maximum absolute atomic E-state index is 13.7. The topological polar surface area (TPSA) is 60.9 Å². The highest BCUT2D eigenvalue weighted by atomic mass is 19.3. The smallest absolute Gasteiger partial charge is 0.256 e. The average molecular weight is 318 g/mol. The van der Waals surface area contributed by atoms with E-state index in [-0.39, 0.29) is 30.8 Å². The van der Waals surface area contributed by atoms with Crippen LogP contribution in [0.1, 0.15) is 33.1 Å². The molecule has 2 amide bonds. The van der Waals surface area contributed by atoms with E-state index in [0.29, 0.717) is 13.0 Å². The Bertz CT molecular complexity index is 443. The molecule has 0 aliphatic carbocycles. The van der Waals surface area contributed by atoms with Crippen LogP contribution >= 0.6 is 0 Å². The van der Waals surface area contributed by atoms with Crippen LogP contribution in [-0.2, 0) is 9.59 Å². The average Bonchev–Trinajstić information content (AvgIpc) is 2.84. The third-order valence-corrected chi connectivity index (χ3v) is 4.62. The summed E-state index contributed by atoms with van der Waals surface area (Å²) >= 11 is 0. The summed E-state index contributed by atoms with van der Waals surface area (Å²) in [4.78, 5) is 27.6. The van der Waals surface area contributed by atoms with Crippen molar-refractivity contribution in [3.63, 3.8) is 0 Å². The second-order valence-electron chi connectivity index (χ2n) is 6.55. The number of piperidine rings is 1. The van der Waals surface area contributed by atoms with E-state index in [9.17, 15) is 18.4 Å². The number of alkyl halides is 2. The zero-order chi connectivity index (χ0) is 16.5. The second kappa shape index (κ2) is 6.48. The van der Waals surface area contributed by atoms with Crippen LogP contribution in [0.25, 0.3) is 0 Å². The molecular formula is C15H24F2N2O3. The number of hydrogen-bond acceptors (Lipinski definition) is 3. The summed E-state index contributed by atoms with van der Waals surface area (Å²) in [5, 5.41) is 9.15. The number of amides is 2. The van der Waals surface area contributed by atoms with Gasteiger partial charge in [-0.05, 0) is 12.3 Å². The fourth-order valence-corrected chi connectivity index (χ4v) is 3.30. The van der Waals surface area contributed by atoms with Crippen molar-refractivity contribution in [2.75, 3.05) is 26.2 Å². The fourth-order valence-electron chi connectivity index (χ4n) is 3.30. The molecule has 0 aromatic heterocycles. The van der Waals surface area contributed by atoms with Gasteiger partial charge < -0.3 is 14.9 Å². The molecule has 0 aromatic carbocycles. The van der Waals surface area contributed by atoms with Crippen LogP contribution in [0.5, 0.6) is 0 Å². The lowest BCUT2D eigenvalue weighted by Gasteiger charge is -2.41. The Morgan fingerprint density at radius 1 is 1.41 bits per heavy atom. The number of aliphatic hydroxyl groups excluding tert-OH is 1. The minimum Gasteiger partial charge on any atom is -0.396 e. The van der Waals surface area contributed by atoms with Crippen LogP contribution in [0, 0.1) is 11.8 Å². The monoisotopic (exact) mass is 318 g/mol. The Kier molecular flexibility index (Phi) is 5.04. The second-order valence-corrected chi connectivity index (χ2v) is 6.55. The van der Waals surface area contributed by atoms with Crippen LogP contribution in [-0.4, -0.2) is 64.9 Å². The highest BCUT2D eigenvalue weighted by Gasteiger charge is 2.46. The van der Waals surface area contributed by atoms with Crippen molar-refractivity contribution in [3.05, 3.63) is 0 Å². The Morgan fingerprint density at radius 2 is 2.09 bits per heavy atom. The molecule has 2 aliphatic rings. The van der Waals surface area contributed by atoms with Crippen molar-refractivity contribution in [1.82, 2.24) is 9.80 Å². The number of halogens is 2. The number of aliphatic hydroxyl groups is 1. The lowest BCUT2D eigenvalue weighted by molar-refractivity contribution is -0.158. The first kappa shape index (κ1) is 17.1. The van der Waals surface area contributed by atoms with Gasteiger partial charge in [0.2, 0.25) is 11.8 Å². The Labute approximate surface area is 129 Å².